The van der Waals surface area contributed by atoms with E-state index in [-0.39, 0.29) is 23.1 Å². The number of nitrogens with two attached hydrogens (primary N) is 2. The van der Waals surface area contributed by atoms with Crippen LogP contribution >= 0.6 is 45.3 Å². The smallest absolute Gasteiger partial charge is 0.350 e. The number of H-pyrrole nitrogens is 2. The van der Waals surface area contributed by atoms with Gasteiger partial charge in [-0.3, -0.25) is 19.6 Å². The molecule has 10 heterocycles. The number of aromatic nitrogens is 4. The van der Waals surface area contributed by atoms with Gasteiger partial charge in [0.05, 0.1) is 116 Å². The van der Waals surface area contributed by atoms with Crippen molar-refractivity contribution in [1.29, 1.82) is 10.5 Å². The molecule has 12 rings (SSSR count). The summed E-state index contributed by atoms with van der Waals surface area (Å²) in [5, 5.41) is 24.1. The molecule has 0 amide bonds. The first-order chi connectivity index (χ1) is 39.0. The number of carbonyl (C=O) groups is 2. The quantitative estimate of drug-likeness (QED) is 0.0982. The lowest BCUT2D eigenvalue weighted by atomic mass is 10.1. The van der Waals surface area contributed by atoms with Crippen molar-refractivity contribution in [3.63, 3.8) is 0 Å². The van der Waals surface area contributed by atoms with Crippen LogP contribution in [0.5, 0.6) is 0 Å². The fourth-order valence-corrected chi connectivity index (χ4v) is 11.1. The Kier molecular flexibility index (Phi) is 23.2. The van der Waals surface area contributed by atoms with Crippen molar-refractivity contribution in [2.24, 2.45) is 0 Å². The molecule has 4 fully saturated rings. The van der Waals surface area contributed by atoms with Gasteiger partial charge in [0.1, 0.15) is 19.2 Å². The van der Waals surface area contributed by atoms with E-state index in [1.165, 1.54) is 59.6 Å². The van der Waals surface area contributed by atoms with Crippen molar-refractivity contribution < 1.29 is 38.0 Å². The van der Waals surface area contributed by atoms with Gasteiger partial charge >= 0.3 is 11.9 Å². The van der Waals surface area contributed by atoms with Crippen LogP contribution in [0.1, 0.15) is 19.3 Å². The summed E-state index contributed by atoms with van der Waals surface area (Å²) in [4.78, 5) is 69.6. The summed E-state index contributed by atoms with van der Waals surface area (Å²) in [5.74, 6) is 0.535. The van der Waals surface area contributed by atoms with E-state index < -0.39 is 0 Å². The average Bonchev–Trinajstić information content (AvgIpc) is 4.42. The third kappa shape index (κ3) is 16.6. The minimum Gasteiger partial charge on any atom is -0.465 e. The number of ether oxygens (including phenoxy) is 6. The molecule has 0 bridgehead atoms. The lowest BCUT2D eigenvalue weighted by Gasteiger charge is -2.27. The van der Waals surface area contributed by atoms with E-state index in [2.05, 4.69) is 41.7 Å². The molecule has 0 radical (unpaired) electrons. The van der Waals surface area contributed by atoms with E-state index in [0.29, 0.717) is 95.3 Å². The minimum atomic E-state index is -0.385. The van der Waals surface area contributed by atoms with Gasteiger partial charge in [0.2, 0.25) is 11.9 Å². The number of nitriles is 2. The Morgan fingerprint density at radius 1 is 0.562 bits per heavy atom. The first-order valence-corrected chi connectivity index (χ1v) is 28.6. The highest BCUT2D eigenvalue weighted by Gasteiger charge is 2.20. The van der Waals surface area contributed by atoms with Crippen LogP contribution in [-0.2, 0) is 28.4 Å². The van der Waals surface area contributed by atoms with E-state index in [0.717, 1.165) is 85.6 Å². The van der Waals surface area contributed by atoms with E-state index >= 15 is 0 Å². The van der Waals surface area contributed by atoms with E-state index in [9.17, 15) is 19.2 Å². The highest BCUT2D eigenvalue weighted by atomic mass is 32.1. The molecule has 6 N–H and O–H groups in total. The summed E-state index contributed by atoms with van der Waals surface area (Å²) in [6, 6.07) is 23.3. The number of carbonyl (C=O) groups excluding carboxylic acids is 2. The fraction of sp³-hybridized carbons (Fsp3) is 0.333. The molecule has 0 saturated carbocycles. The standard InChI is InChI=1S/C16H15N3O2S.C12H11NO2S.C10H11N3O2S.C6H7NO2S.2C5H8N2O/c20-15-14-13(12(10-22-14)11-4-2-1-3-5-11)17-16(18-15)19-6-8-21-9-7-19;1-15-12(14)11-10(13)9(7-16-11)8-5-3-2-4-6-8;14-9-8-7(1-6-16-8)11-10(12-9)13-2-4-15-5-3-13;1-9-6(8)5-4(7)2-3-10-5;2*6-5-7-1-3-8-4-2-7/h1-5,10H,6-9H2,(H,17,18,20);2-7H,13H2,1H3;1,6H,2-5H2,(H,11,12,14);2-3H,7H2,1H3;2*1-4H2. The van der Waals surface area contributed by atoms with Gasteiger partial charge in [-0.15, -0.1) is 45.3 Å². The number of fused-ring (bicyclic) bond motifs is 2. The van der Waals surface area contributed by atoms with Gasteiger partial charge in [-0.1, -0.05) is 60.7 Å². The van der Waals surface area contributed by atoms with Crippen molar-refractivity contribution in [3.8, 4) is 34.6 Å². The SMILES string of the molecule is COC(=O)c1scc(-c2ccccc2)c1N.COC(=O)c1sccc1N.N#CN1CCOCC1.N#CN1CCOCC1.O=c1[nH]c(N2CCOCC2)nc2c(-c3ccccc3)csc12.O=c1[nH]c(N2CCOCC2)nc2ccsc12. The number of aromatic amines is 2. The zero-order chi connectivity index (χ0) is 56.6. The Bertz CT molecular complexity index is 3390. The van der Waals surface area contributed by atoms with Crippen molar-refractivity contribution in [2.45, 2.75) is 0 Å². The van der Waals surface area contributed by atoms with Crippen molar-refractivity contribution in [2.75, 3.05) is 141 Å². The van der Waals surface area contributed by atoms with Crippen LogP contribution in [0.2, 0.25) is 0 Å². The molecule has 6 aromatic heterocycles. The highest BCUT2D eigenvalue weighted by molar-refractivity contribution is 7.17. The first kappa shape index (κ1) is 59.7. The number of thiophene rings is 4. The van der Waals surface area contributed by atoms with E-state index in [4.69, 9.17) is 45.9 Å². The topological polar surface area (TPSA) is 294 Å². The van der Waals surface area contributed by atoms with Crippen molar-refractivity contribution in [1.82, 2.24) is 29.7 Å². The number of nitrogens with one attached hydrogen (secondary N) is 2. The number of nitrogen functional groups attached to an aromatic ring is 2. The lowest BCUT2D eigenvalue weighted by Crippen LogP contribution is -2.38. The maximum Gasteiger partial charge on any atom is 0.350 e. The molecule has 22 nitrogen and oxygen atoms in total. The Morgan fingerprint density at radius 3 is 1.49 bits per heavy atom. The predicted molar refractivity (Wildman–Crippen MR) is 314 cm³/mol. The number of hydrogen-bond acceptors (Lipinski definition) is 24. The molecular weight excluding hydrogens is 1100 g/mol. The van der Waals surface area contributed by atoms with Crippen LogP contribution in [0.4, 0.5) is 23.3 Å². The largest absolute Gasteiger partial charge is 0.465 e. The molecule has 80 heavy (non-hydrogen) atoms. The number of nitrogens with zero attached hydrogens (tertiary/aromatic N) is 8. The van der Waals surface area contributed by atoms with Gasteiger partial charge in [0.15, 0.2) is 12.4 Å². The maximum atomic E-state index is 12.3. The Hall–Kier alpha value is -7.92. The number of morpholine rings is 4. The molecule has 4 saturated heterocycles. The van der Waals surface area contributed by atoms with Gasteiger partial charge in [-0.25, -0.2) is 19.6 Å². The monoisotopic (exact) mass is 1160 g/mol. The Balaban J connectivity index is 0.000000144. The number of rotatable bonds is 6. The fourth-order valence-electron chi connectivity index (χ4n) is 7.81. The van der Waals surface area contributed by atoms with Crippen molar-refractivity contribution in [3.05, 3.63) is 125 Å². The summed E-state index contributed by atoms with van der Waals surface area (Å²) in [6.45, 7) is 11.6. The van der Waals surface area contributed by atoms with Crippen LogP contribution in [0.25, 0.3) is 42.7 Å². The normalized spacial score (nSPS) is 14.8. The molecule has 0 atom stereocenters. The molecule has 26 heteroatoms. The summed E-state index contributed by atoms with van der Waals surface area (Å²) in [5.41, 5.74) is 17.7. The molecule has 8 aromatic rings. The molecule has 0 aliphatic carbocycles. The van der Waals surface area contributed by atoms with E-state index in [1.54, 1.807) is 21.2 Å². The number of esters is 2. The van der Waals surface area contributed by atoms with Crippen LogP contribution in [-0.4, -0.2) is 161 Å². The number of benzene rings is 2. The Labute approximate surface area is 476 Å². The molecule has 420 valence electrons. The van der Waals surface area contributed by atoms with Gasteiger partial charge in [-0.05, 0) is 34.0 Å². The third-order valence-corrected chi connectivity index (χ3v) is 15.8. The van der Waals surface area contributed by atoms with Crippen LogP contribution in [0, 0.1) is 22.9 Å². The molecule has 4 aliphatic heterocycles. The lowest BCUT2D eigenvalue weighted by molar-refractivity contribution is 0.0598. The van der Waals surface area contributed by atoms with Gasteiger partial charge < -0.3 is 59.5 Å². The zero-order valence-electron chi connectivity index (χ0n) is 44.0. The maximum absolute atomic E-state index is 12.3. The van der Waals surface area contributed by atoms with Crippen molar-refractivity contribution >= 4 is 101 Å². The second kappa shape index (κ2) is 31.0. The number of hydrogen-bond donors (Lipinski definition) is 4. The molecular formula is C54H60N12O10S4. The molecule has 0 spiro atoms. The third-order valence-electron chi connectivity index (χ3n) is 12.1. The van der Waals surface area contributed by atoms with E-state index in [1.807, 2.05) is 87.8 Å². The Morgan fingerprint density at radius 2 is 1.01 bits per heavy atom. The van der Waals surface area contributed by atoms with Gasteiger partial charge in [0, 0.05) is 48.1 Å². The highest BCUT2D eigenvalue weighted by Crippen LogP contribution is 2.35. The summed E-state index contributed by atoms with van der Waals surface area (Å²) < 4.78 is 31.1. The minimum absolute atomic E-state index is 0.0542. The zero-order valence-corrected chi connectivity index (χ0v) is 47.3. The second-order valence-corrected chi connectivity index (χ2v) is 20.7. The second-order valence-electron chi connectivity index (χ2n) is 17.2. The molecule has 4 aliphatic rings. The molecule has 2 aromatic carbocycles. The summed E-state index contributed by atoms with van der Waals surface area (Å²) >= 11 is 5.45. The number of methoxy groups -OCH3 is 2. The average molecular weight is 1170 g/mol. The first-order valence-electron chi connectivity index (χ1n) is 25.1. The van der Waals surface area contributed by atoms with Crippen LogP contribution in [0.3, 0.4) is 0 Å². The predicted octanol–water partition coefficient (Wildman–Crippen LogP) is 6.81. The summed E-state index contributed by atoms with van der Waals surface area (Å²) in [6.07, 6.45) is 4.11. The van der Waals surface area contributed by atoms with Crippen LogP contribution < -0.4 is 32.4 Å². The molecule has 0 unspecified atom stereocenters. The van der Waals surface area contributed by atoms with Crippen LogP contribution in [0.15, 0.2) is 104 Å². The van der Waals surface area contributed by atoms with Gasteiger partial charge in [-0.2, -0.15) is 10.5 Å². The van der Waals surface area contributed by atoms with Gasteiger partial charge in [0.25, 0.3) is 11.1 Å². The number of anilines is 4. The summed E-state index contributed by atoms with van der Waals surface area (Å²) in [7, 11) is 2.69.